The van der Waals surface area contributed by atoms with Crippen molar-refractivity contribution in [3.8, 4) is 0 Å². The van der Waals surface area contributed by atoms with Crippen LogP contribution < -0.4 is 5.32 Å². The molecule has 0 atom stereocenters. The summed E-state index contributed by atoms with van der Waals surface area (Å²) in [5.74, 6) is 0.690. The Kier molecular flexibility index (Phi) is 3.03. The van der Waals surface area contributed by atoms with E-state index in [9.17, 15) is 4.79 Å². The van der Waals surface area contributed by atoms with Gasteiger partial charge in [0.2, 0.25) is 0 Å². The number of thiophene rings is 1. The highest BCUT2D eigenvalue weighted by atomic mass is 35.5. The first-order chi connectivity index (χ1) is 7.17. The second-order valence-electron chi connectivity index (χ2n) is 4.25. The Bertz CT molecular complexity index is 370. The average Bonchev–Trinajstić information content (AvgIpc) is 2.91. The van der Waals surface area contributed by atoms with Crippen molar-refractivity contribution in [2.45, 2.75) is 19.8 Å². The molecule has 1 amide bonds. The molecule has 1 saturated carbocycles. The number of carbonyl (C=O) groups is 1. The van der Waals surface area contributed by atoms with Crippen LogP contribution in [0.15, 0.2) is 11.4 Å². The zero-order chi connectivity index (χ0) is 10.9. The number of hydrogen-bond acceptors (Lipinski definition) is 2. The number of aryl methyl sites for hydroxylation is 1. The Morgan fingerprint density at radius 2 is 2.40 bits per heavy atom. The van der Waals surface area contributed by atoms with Crippen LogP contribution in [0.25, 0.3) is 0 Å². The molecule has 1 aromatic heterocycles. The van der Waals surface area contributed by atoms with Gasteiger partial charge in [-0.3, -0.25) is 4.79 Å². The van der Waals surface area contributed by atoms with Gasteiger partial charge in [0, 0.05) is 17.8 Å². The van der Waals surface area contributed by atoms with Crippen LogP contribution in [0.2, 0.25) is 0 Å². The van der Waals surface area contributed by atoms with Crippen molar-refractivity contribution in [3.05, 3.63) is 21.9 Å². The van der Waals surface area contributed by atoms with Crippen LogP contribution in [-0.4, -0.2) is 18.3 Å². The standard InChI is InChI=1S/C11H14ClNOS/c1-8-2-5-15-9(8)10(14)13-7-11(6-12)3-4-11/h2,5H,3-4,6-7H2,1H3,(H,13,14). The van der Waals surface area contributed by atoms with Crippen LogP contribution in [0, 0.1) is 12.3 Å². The van der Waals surface area contributed by atoms with Gasteiger partial charge in [0.25, 0.3) is 5.91 Å². The summed E-state index contributed by atoms with van der Waals surface area (Å²) in [6, 6.07) is 1.97. The van der Waals surface area contributed by atoms with E-state index in [4.69, 9.17) is 11.6 Å². The van der Waals surface area contributed by atoms with Crippen molar-refractivity contribution in [1.29, 1.82) is 0 Å². The lowest BCUT2D eigenvalue weighted by atomic mass is 10.1. The van der Waals surface area contributed by atoms with E-state index in [0.717, 1.165) is 23.3 Å². The van der Waals surface area contributed by atoms with Crippen LogP contribution in [0.3, 0.4) is 0 Å². The molecule has 0 aromatic carbocycles. The number of hydrogen-bond donors (Lipinski definition) is 1. The molecule has 1 fully saturated rings. The molecule has 2 nitrogen and oxygen atoms in total. The van der Waals surface area contributed by atoms with Gasteiger partial charge < -0.3 is 5.32 Å². The fourth-order valence-corrected chi connectivity index (χ4v) is 2.69. The summed E-state index contributed by atoms with van der Waals surface area (Å²) < 4.78 is 0. The number of halogens is 1. The van der Waals surface area contributed by atoms with Gasteiger partial charge >= 0.3 is 0 Å². The van der Waals surface area contributed by atoms with Crippen molar-refractivity contribution in [3.63, 3.8) is 0 Å². The largest absolute Gasteiger partial charge is 0.351 e. The molecule has 0 aliphatic heterocycles. The summed E-state index contributed by atoms with van der Waals surface area (Å²) in [5.41, 5.74) is 1.25. The maximum Gasteiger partial charge on any atom is 0.261 e. The second-order valence-corrected chi connectivity index (χ2v) is 5.43. The minimum absolute atomic E-state index is 0.0406. The minimum atomic E-state index is 0.0406. The summed E-state index contributed by atoms with van der Waals surface area (Å²) >= 11 is 7.34. The van der Waals surface area contributed by atoms with Gasteiger partial charge in [0.05, 0.1) is 4.88 Å². The molecule has 1 heterocycles. The predicted molar refractivity (Wildman–Crippen MR) is 63.8 cm³/mol. The first-order valence-electron chi connectivity index (χ1n) is 5.05. The van der Waals surface area contributed by atoms with Crippen molar-refractivity contribution in [2.24, 2.45) is 5.41 Å². The maximum atomic E-state index is 11.8. The molecular weight excluding hydrogens is 230 g/mol. The molecule has 1 aliphatic rings. The normalized spacial score (nSPS) is 17.5. The Labute approximate surface area is 98.6 Å². The van der Waals surface area contributed by atoms with Crippen molar-refractivity contribution in [1.82, 2.24) is 5.32 Å². The molecule has 15 heavy (non-hydrogen) atoms. The van der Waals surface area contributed by atoms with Gasteiger partial charge in [-0.05, 0) is 36.8 Å². The predicted octanol–water partition coefficient (Wildman–Crippen LogP) is 2.81. The quantitative estimate of drug-likeness (QED) is 0.810. The molecule has 0 radical (unpaired) electrons. The van der Waals surface area contributed by atoms with E-state index in [0.29, 0.717) is 12.4 Å². The SMILES string of the molecule is Cc1ccsc1C(=O)NCC1(CCl)CC1. The van der Waals surface area contributed by atoms with E-state index >= 15 is 0 Å². The van der Waals surface area contributed by atoms with Gasteiger partial charge in [-0.25, -0.2) is 0 Å². The van der Waals surface area contributed by atoms with Crippen molar-refractivity contribution < 1.29 is 4.79 Å². The number of carbonyl (C=O) groups excluding carboxylic acids is 1. The summed E-state index contributed by atoms with van der Waals surface area (Å²) in [4.78, 5) is 12.6. The Morgan fingerprint density at radius 3 is 2.87 bits per heavy atom. The van der Waals surface area contributed by atoms with Gasteiger partial charge in [-0.1, -0.05) is 0 Å². The van der Waals surface area contributed by atoms with E-state index in [1.807, 2.05) is 18.4 Å². The van der Waals surface area contributed by atoms with Crippen molar-refractivity contribution >= 4 is 28.8 Å². The smallest absolute Gasteiger partial charge is 0.261 e. The highest BCUT2D eigenvalue weighted by molar-refractivity contribution is 7.12. The van der Waals surface area contributed by atoms with Gasteiger partial charge in [-0.2, -0.15) is 0 Å². The fourth-order valence-electron chi connectivity index (χ4n) is 1.49. The van der Waals surface area contributed by atoms with Crippen LogP contribution in [-0.2, 0) is 0 Å². The highest BCUT2D eigenvalue weighted by Crippen LogP contribution is 2.45. The first-order valence-corrected chi connectivity index (χ1v) is 6.47. The maximum absolute atomic E-state index is 11.8. The highest BCUT2D eigenvalue weighted by Gasteiger charge is 2.41. The summed E-state index contributed by atoms with van der Waals surface area (Å²) in [5, 5.41) is 4.91. The molecule has 0 saturated heterocycles. The van der Waals surface area contributed by atoms with E-state index in [1.54, 1.807) is 0 Å². The molecular formula is C11H14ClNOS. The average molecular weight is 244 g/mol. The topological polar surface area (TPSA) is 29.1 Å². The first kappa shape index (κ1) is 11.0. The number of rotatable bonds is 4. The Morgan fingerprint density at radius 1 is 1.67 bits per heavy atom. The van der Waals surface area contributed by atoms with E-state index in [1.165, 1.54) is 11.3 Å². The third-order valence-corrected chi connectivity index (χ3v) is 4.52. The molecule has 0 bridgehead atoms. The van der Waals surface area contributed by atoms with E-state index in [-0.39, 0.29) is 11.3 Å². The Hall–Kier alpha value is -0.540. The molecule has 1 aromatic rings. The molecule has 4 heteroatoms. The number of alkyl halides is 1. The third-order valence-electron chi connectivity index (χ3n) is 2.93. The number of amides is 1. The lowest BCUT2D eigenvalue weighted by Gasteiger charge is -2.11. The Balaban J connectivity index is 1.91. The van der Waals surface area contributed by atoms with Crippen LogP contribution >= 0.6 is 22.9 Å². The van der Waals surface area contributed by atoms with Crippen LogP contribution in [0.1, 0.15) is 28.1 Å². The number of nitrogens with one attached hydrogen (secondary N) is 1. The minimum Gasteiger partial charge on any atom is -0.351 e. The molecule has 0 unspecified atom stereocenters. The van der Waals surface area contributed by atoms with Crippen LogP contribution in [0.5, 0.6) is 0 Å². The van der Waals surface area contributed by atoms with Gasteiger partial charge in [-0.15, -0.1) is 22.9 Å². The van der Waals surface area contributed by atoms with Crippen molar-refractivity contribution in [2.75, 3.05) is 12.4 Å². The van der Waals surface area contributed by atoms with E-state index in [2.05, 4.69) is 5.32 Å². The van der Waals surface area contributed by atoms with E-state index < -0.39 is 0 Å². The monoisotopic (exact) mass is 243 g/mol. The molecule has 82 valence electrons. The summed E-state index contributed by atoms with van der Waals surface area (Å²) in [6.45, 7) is 2.67. The summed E-state index contributed by atoms with van der Waals surface area (Å²) in [7, 11) is 0. The lowest BCUT2D eigenvalue weighted by Crippen LogP contribution is -2.30. The summed E-state index contributed by atoms with van der Waals surface area (Å²) in [6.07, 6.45) is 2.28. The molecule has 2 rings (SSSR count). The zero-order valence-corrected chi connectivity index (χ0v) is 10.3. The molecule has 1 N–H and O–H groups in total. The lowest BCUT2D eigenvalue weighted by molar-refractivity contribution is 0.0950. The zero-order valence-electron chi connectivity index (χ0n) is 8.68. The van der Waals surface area contributed by atoms with Crippen LogP contribution in [0.4, 0.5) is 0 Å². The van der Waals surface area contributed by atoms with Gasteiger partial charge in [0.15, 0.2) is 0 Å². The second kappa shape index (κ2) is 4.14. The molecule has 0 spiro atoms. The van der Waals surface area contributed by atoms with Gasteiger partial charge in [0.1, 0.15) is 0 Å². The molecule has 1 aliphatic carbocycles. The fraction of sp³-hybridized carbons (Fsp3) is 0.545. The third kappa shape index (κ3) is 2.34.